The highest BCUT2D eigenvalue weighted by Crippen LogP contribution is 2.21. The number of carbonyl (C=O) groups excluding carboxylic acids is 1. The van der Waals surface area contributed by atoms with Gasteiger partial charge in [-0.3, -0.25) is 9.78 Å². The second kappa shape index (κ2) is 7.65. The molecule has 3 aromatic rings. The molecular formula is C19H20N6O2. The van der Waals surface area contributed by atoms with E-state index in [1.165, 1.54) is 10.9 Å². The molecular weight excluding hydrogens is 344 g/mol. The second-order valence-corrected chi connectivity index (χ2v) is 6.33. The molecule has 8 heteroatoms. The van der Waals surface area contributed by atoms with Crippen LogP contribution >= 0.6 is 0 Å². The van der Waals surface area contributed by atoms with Gasteiger partial charge in [-0.2, -0.15) is 5.10 Å². The first-order valence-corrected chi connectivity index (χ1v) is 8.76. The van der Waals surface area contributed by atoms with Crippen molar-refractivity contribution >= 4 is 11.6 Å². The van der Waals surface area contributed by atoms with Crippen LogP contribution in [0.3, 0.4) is 0 Å². The summed E-state index contributed by atoms with van der Waals surface area (Å²) in [6, 6.07) is 7.70. The van der Waals surface area contributed by atoms with Crippen LogP contribution in [-0.2, 0) is 4.74 Å². The molecule has 27 heavy (non-hydrogen) atoms. The van der Waals surface area contributed by atoms with E-state index in [-0.39, 0.29) is 12.0 Å². The van der Waals surface area contributed by atoms with E-state index in [0.29, 0.717) is 18.0 Å². The normalized spacial score (nSPS) is 16.9. The molecule has 0 aliphatic carbocycles. The standard InChI is InChI=1S/C19H20N6O2/c1-13-8-21-11-18(23-13)25-12-15(9-22-25)19(26)24-16-4-2-14(3-5-16)17-10-20-6-7-27-17/h2-5,8-9,11-12,17,20H,6-7,10H2,1H3,(H,24,26)/t17-/m1/s1. The van der Waals surface area contributed by atoms with E-state index in [0.717, 1.165) is 30.0 Å². The van der Waals surface area contributed by atoms with E-state index < -0.39 is 0 Å². The monoisotopic (exact) mass is 364 g/mol. The Kier molecular flexibility index (Phi) is 4.91. The summed E-state index contributed by atoms with van der Waals surface area (Å²) >= 11 is 0. The summed E-state index contributed by atoms with van der Waals surface area (Å²) in [6.07, 6.45) is 6.46. The lowest BCUT2D eigenvalue weighted by Crippen LogP contribution is -2.33. The van der Waals surface area contributed by atoms with Crippen molar-refractivity contribution in [1.29, 1.82) is 0 Å². The lowest BCUT2D eigenvalue weighted by molar-refractivity contribution is 0.0277. The second-order valence-electron chi connectivity index (χ2n) is 6.33. The average Bonchev–Trinajstić information content (AvgIpc) is 3.20. The van der Waals surface area contributed by atoms with E-state index in [2.05, 4.69) is 25.7 Å². The molecule has 1 aromatic carbocycles. The fourth-order valence-corrected chi connectivity index (χ4v) is 2.89. The number of ether oxygens (including phenoxy) is 1. The van der Waals surface area contributed by atoms with Gasteiger partial charge in [-0.1, -0.05) is 12.1 Å². The molecule has 0 spiro atoms. The molecule has 1 aliphatic rings. The van der Waals surface area contributed by atoms with E-state index in [9.17, 15) is 4.79 Å². The van der Waals surface area contributed by atoms with Crippen LogP contribution in [0.1, 0.15) is 27.7 Å². The van der Waals surface area contributed by atoms with Crippen LogP contribution in [0, 0.1) is 6.92 Å². The van der Waals surface area contributed by atoms with Crippen molar-refractivity contribution in [2.75, 3.05) is 25.0 Å². The quantitative estimate of drug-likeness (QED) is 0.734. The summed E-state index contributed by atoms with van der Waals surface area (Å²) in [7, 11) is 0. The number of benzene rings is 1. The van der Waals surface area contributed by atoms with Gasteiger partial charge in [0.25, 0.3) is 5.91 Å². The molecule has 1 fully saturated rings. The molecule has 8 nitrogen and oxygen atoms in total. The zero-order valence-corrected chi connectivity index (χ0v) is 14.9. The molecule has 0 unspecified atom stereocenters. The van der Waals surface area contributed by atoms with Gasteiger partial charge in [-0.25, -0.2) is 9.67 Å². The van der Waals surface area contributed by atoms with Gasteiger partial charge < -0.3 is 15.4 Å². The van der Waals surface area contributed by atoms with Crippen molar-refractivity contribution < 1.29 is 9.53 Å². The van der Waals surface area contributed by atoms with Crippen molar-refractivity contribution in [1.82, 2.24) is 25.1 Å². The molecule has 0 bridgehead atoms. The van der Waals surface area contributed by atoms with Crippen LogP contribution < -0.4 is 10.6 Å². The third kappa shape index (κ3) is 4.02. The summed E-state index contributed by atoms with van der Waals surface area (Å²) in [5, 5.41) is 10.4. The molecule has 2 N–H and O–H groups in total. The Morgan fingerprint density at radius 2 is 2.11 bits per heavy atom. The van der Waals surface area contributed by atoms with Crippen molar-refractivity contribution in [2.45, 2.75) is 13.0 Å². The van der Waals surface area contributed by atoms with Crippen molar-refractivity contribution in [3.63, 3.8) is 0 Å². The van der Waals surface area contributed by atoms with Crippen molar-refractivity contribution in [2.24, 2.45) is 0 Å². The number of nitrogens with zero attached hydrogens (tertiary/aromatic N) is 4. The fourth-order valence-electron chi connectivity index (χ4n) is 2.89. The van der Waals surface area contributed by atoms with Gasteiger partial charge in [0.15, 0.2) is 5.82 Å². The van der Waals surface area contributed by atoms with Crippen LogP contribution in [0.25, 0.3) is 5.82 Å². The molecule has 0 saturated carbocycles. The highest BCUT2D eigenvalue weighted by Gasteiger charge is 2.16. The molecule has 138 valence electrons. The molecule has 4 rings (SSSR count). The molecule has 1 aliphatic heterocycles. The van der Waals surface area contributed by atoms with Gasteiger partial charge in [0.2, 0.25) is 0 Å². The maximum absolute atomic E-state index is 12.5. The number of amides is 1. The van der Waals surface area contributed by atoms with Gasteiger partial charge in [0.1, 0.15) is 0 Å². The Bertz CT molecular complexity index is 931. The van der Waals surface area contributed by atoms with E-state index >= 15 is 0 Å². The maximum Gasteiger partial charge on any atom is 0.258 e. The smallest absolute Gasteiger partial charge is 0.258 e. The number of aryl methyl sites for hydroxylation is 1. The van der Waals surface area contributed by atoms with Crippen LogP contribution in [0.15, 0.2) is 49.1 Å². The van der Waals surface area contributed by atoms with Gasteiger partial charge in [-0.15, -0.1) is 0 Å². The number of morpholine rings is 1. The lowest BCUT2D eigenvalue weighted by atomic mass is 10.1. The van der Waals surface area contributed by atoms with Crippen LogP contribution in [0.2, 0.25) is 0 Å². The van der Waals surface area contributed by atoms with Gasteiger partial charge in [0.05, 0.1) is 36.4 Å². The molecule has 2 aromatic heterocycles. The number of hydrogen-bond acceptors (Lipinski definition) is 6. The predicted molar refractivity (Wildman–Crippen MR) is 99.8 cm³/mol. The molecule has 3 heterocycles. The van der Waals surface area contributed by atoms with E-state index in [4.69, 9.17) is 4.74 Å². The Morgan fingerprint density at radius 3 is 2.85 bits per heavy atom. The number of nitrogens with one attached hydrogen (secondary N) is 2. The number of carbonyl (C=O) groups is 1. The highest BCUT2D eigenvalue weighted by molar-refractivity contribution is 6.03. The third-order valence-electron chi connectivity index (χ3n) is 4.29. The summed E-state index contributed by atoms with van der Waals surface area (Å²) < 4.78 is 7.27. The summed E-state index contributed by atoms with van der Waals surface area (Å²) in [5.41, 5.74) is 3.04. The summed E-state index contributed by atoms with van der Waals surface area (Å²) in [5.74, 6) is 0.338. The first kappa shape index (κ1) is 17.3. The zero-order valence-electron chi connectivity index (χ0n) is 14.9. The zero-order chi connectivity index (χ0) is 18.6. The van der Waals surface area contributed by atoms with Gasteiger partial charge >= 0.3 is 0 Å². The van der Waals surface area contributed by atoms with Crippen molar-refractivity contribution in [3.8, 4) is 5.82 Å². The first-order chi connectivity index (χ1) is 13.2. The van der Waals surface area contributed by atoms with Crippen LogP contribution in [-0.4, -0.2) is 45.4 Å². The Morgan fingerprint density at radius 1 is 1.26 bits per heavy atom. The average molecular weight is 364 g/mol. The van der Waals surface area contributed by atoms with E-state index in [1.807, 2.05) is 31.2 Å². The molecule has 1 amide bonds. The largest absolute Gasteiger partial charge is 0.371 e. The SMILES string of the molecule is Cc1cncc(-n2cc(C(=O)Nc3ccc([C@H]4CNCCO4)cc3)cn2)n1. The topological polar surface area (TPSA) is 94.0 Å². The minimum Gasteiger partial charge on any atom is -0.371 e. The number of rotatable bonds is 4. The lowest BCUT2D eigenvalue weighted by Gasteiger charge is -2.24. The highest BCUT2D eigenvalue weighted by atomic mass is 16.5. The number of anilines is 1. The van der Waals surface area contributed by atoms with Crippen LogP contribution in [0.4, 0.5) is 5.69 Å². The Balaban J connectivity index is 1.43. The van der Waals surface area contributed by atoms with Gasteiger partial charge in [0, 0.05) is 31.2 Å². The first-order valence-electron chi connectivity index (χ1n) is 8.76. The van der Waals surface area contributed by atoms with E-state index in [1.54, 1.807) is 18.6 Å². The molecule has 1 atom stereocenters. The minimum atomic E-state index is -0.231. The molecule has 1 saturated heterocycles. The maximum atomic E-state index is 12.5. The Hall–Kier alpha value is -3.10. The fraction of sp³-hybridized carbons (Fsp3) is 0.263. The Labute approximate surface area is 156 Å². The number of hydrogen-bond donors (Lipinski definition) is 2. The minimum absolute atomic E-state index is 0.0529. The van der Waals surface area contributed by atoms with Crippen molar-refractivity contribution in [3.05, 3.63) is 65.9 Å². The summed E-state index contributed by atoms with van der Waals surface area (Å²) in [6.45, 7) is 4.24. The van der Waals surface area contributed by atoms with Crippen LogP contribution in [0.5, 0.6) is 0 Å². The molecule has 0 radical (unpaired) electrons. The third-order valence-corrected chi connectivity index (χ3v) is 4.29. The summed E-state index contributed by atoms with van der Waals surface area (Å²) in [4.78, 5) is 20.9. The predicted octanol–water partition coefficient (Wildman–Crippen LogP) is 1.88. The number of aromatic nitrogens is 4. The van der Waals surface area contributed by atoms with Gasteiger partial charge in [-0.05, 0) is 24.6 Å².